The lowest BCUT2D eigenvalue weighted by Crippen LogP contribution is -2.36. The van der Waals surface area contributed by atoms with E-state index in [2.05, 4.69) is 9.61 Å². The molecule has 0 spiro atoms. The van der Waals surface area contributed by atoms with Crippen LogP contribution in [0.3, 0.4) is 0 Å². The van der Waals surface area contributed by atoms with Crippen molar-refractivity contribution in [3.63, 3.8) is 0 Å². The maximum Gasteiger partial charge on any atom is 0.513 e. The van der Waals surface area contributed by atoms with E-state index in [1.54, 1.807) is 19.9 Å². The van der Waals surface area contributed by atoms with E-state index in [9.17, 15) is 31.3 Å². The Morgan fingerprint density at radius 2 is 1.42 bits per heavy atom. The van der Waals surface area contributed by atoms with Gasteiger partial charge < -0.3 is 13.8 Å². The number of benzene rings is 2. The van der Waals surface area contributed by atoms with Gasteiger partial charge in [-0.05, 0) is 25.0 Å². The molecule has 31 heavy (non-hydrogen) atoms. The van der Waals surface area contributed by atoms with E-state index in [1.807, 2.05) is 0 Å². The summed E-state index contributed by atoms with van der Waals surface area (Å²) in [5.41, 5.74) is 0. The average molecular weight is 467 g/mol. The highest BCUT2D eigenvalue weighted by molar-refractivity contribution is 7.52. The van der Waals surface area contributed by atoms with E-state index in [1.165, 1.54) is 31.2 Å². The van der Waals surface area contributed by atoms with Gasteiger partial charge in [-0.2, -0.15) is 13.9 Å². The maximum absolute atomic E-state index is 14.0. The number of para-hydroxylation sites is 1. The fraction of sp³-hybridized carbons (Fsp3) is 0.316. The lowest BCUT2D eigenvalue weighted by molar-refractivity contribution is -0.146. The highest BCUT2D eigenvalue weighted by Crippen LogP contribution is 2.47. The Bertz CT molecular complexity index is 960. The number of ether oxygens (including phenoxy) is 1. The van der Waals surface area contributed by atoms with Crippen molar-refractivity contribution in [1.29, 1.82) is 0 Å². The Morgan fingerprint density at radius 3 is 1.94 bits per heavy atom. The molecule has 1 N–H and O–H groups in total. The van der Waals surface area contributed by atoms with Gasteiger partial charge in [0.1, 0.15) is 11.8 Å². The first-order valence-electron chi connectivity index (χ1n) is 8.95. The first-order valence-corrected chi connectivity index (χ1v) is 10.5. The first-order chi connectivity index (χ1) is 14.4. The maximum atomic E-state index is 14.0. The summed E-state index contributed by atoms with van der Waals surface area (Å²) in [5.74, 6) is -14.6. The zero-order valence-electron chi connectivity index (χ0n) is 16.6. The number of carbonyl (C=O) groups excluding carboxylic acids is 1. The monoisotopic (exact) mass is 467 g/mol. The normalized spacial score (nSPS) is 14.1. The molecule has 2 atom stereocenters. The molecule has 2 rings (SSSR count). The molecule has 0 fully saturated rings. The summed E-state index contributed by atoms with van der Waals surface area (Å²) in [7, 11) is -4.92. The molecule has 0 radical (unpaired) electrons. The molecule has 0 saturated carbocycles. The molecule has 2 aromatic carbocycles. The van der Waals surface area contributed by atoms with Gasteiger partial charge in [0.05, 0.1) is 6.61 Å². The second-order valence-corrected chi connectivity index (χ2v) is 8.39. The minimum Gasteiger partial charge on any atom is -0.464 e. The molecule has 0 heterocycles. The molecule has 0 aromatic heterocycles. The van der Waals surface area contributed by atoms with Crippen molar-refractivity contribution in [1.82, 2.24) is 5.09 Å². The highest BCUT2D eigenvalue weighted by Gasteiger charge is 2.38. The van der Waals surface area contributed by atoms with Gasteiger partial charge in [0, 0.05) is 0 Å². The van der Waals surface area contributed by atoms with Crippen LogP contribution in [0.1, 0.15) is 20.8 Å². The summed E-state index contributed by atoms with van der Waals surface area (Å²) in [6.07, 6.45) is 0. The lowest BCUT2D eigenvalue weighted by Gasteiger charge is -2.23. The average Bonchev–Trinajstić information content (AvgIpc) is 2.72. The molecule has 6 nitrogen and oxygen atoms in total. The van der Waals surface area contributed by atoms with E-state index in [4.69, 9.17) is 9.26 Å². The van der Waals surface area contributed by atoms with Crippen molar-refractivity contribution in [3.05, 3.63) is 59.4 Å². The molecular weight excluding hydrogens is 448 g/mol. The summed E-state index contributed by atoms with van der Waals surface area (Å²) in [6, 6.07) is 5.67. The standard InChI is InChI=1S/C19H19F5NO5P/c1-10(2)9-28-19(26)11(3)25-31(27,29-12-7-5-4-6-8-12)30-18-16(23)14(21)13(20)15(22)17(18)24/h4-8,10-11H,9H2,1-3H3,(H,25,27)/t11-,31-/m0/s1. The van der Waals surface area contributed by atoms with Crippen molar-refractivity contribution < 1.29 is 45.1 Å². The van der Waals surface area contributed by atoms with Crippen LogP contribution in [0.4, 0.5) is 22.0 Å². The molecule has 0 saturated heterocycles. The zero-order valence-corrected chi connectivity index (χ0v) is 17.5. The molecule has 2 aromatic rings. The van der Waals surface area contributed by atoms with Crippen LogP contribution < -0.4 is 14.1 Å². The van der Waals surface area contributed by atoms with Crippen LogP contribution in [-0.4, -0.2) is 18.6 Å². The fourth-order valence-electron chi connectivity index (χ4n) is 2.14. The lowest BCUT2D eigenvalue weighted by atomic mass is 10.2. The van der Waals surface area contributed by atoms with E-state index >= 15 is 0 Å². The predicted octanol–water partition coefficient (Wildman–Crippen LogP) is 5.13. The van der Waals surface area contributed by atoms with Gasteiger partial charge in [0.2, 0.25) is 34.8 Å². The Labute approximate surface area is 174 Å². The van der Waals surface area contributed by atoms with Crippen LogP contribution in [0.5, 0.6) is 11.5 Å². The zero-order chi connectivity index (χ0) is 23.3. The van der Waals surface area contributed by atoms with Crippen molar-refractivity contribution in [2.45, 2.75) is 26.8 Å². The van der Waals surface area contributed by atoms with Crippen molar-refractivity contribution in [2.75, 3.05) is 6.61 Å². The van der Waals surface area contributed by atoms with Crippen molar-refractivity contribution in [3.8, 4) is 11.5 Å². The summed E-state index contributed by atoms with van der Waals surface area (Å²) in [4.78, 5) is 12.1. The molecule has 0 amide bonds. The topological polar surface area (TPSA) is 73.9 Å². The Balaban J connectivity index is 2.40. The minimum atomic E-state index is -4.92. The number of hydrogen-bond acceptors (Lipinski definition) is 5. The number of halogens is 5. The number of esters is 1. The third kappa shape index (κ3) is 6.18. The molecule has 0 aliphatic rings. The number of hydrogen-bond donors (Lipinski definition) is 1. The Kier molecular flexibility index (Phi) is 8.02. The van der Waals surface area contributed by atoms with Crippen LogP contribution in [-0.2, 0) is 14.1 Å². The van der Waals surface area contributed by atoms with E-state index in [0.29, 0.717) is 0 Å². The van der Waals surface area contributed by atoms with Crippen LogP contribution in [0.2, 0.25) is 0 Å². The summed E-state index contributed by atoms with van der Waals surface area (Å²) in [6.45, 7) is 4.74. The van der Waals surface area contributed by atoms with Crippen LogP contribution in [0.25, 0.3) is 0 Å². The van der Waals surface area contributed by atoms with Gasteiger partial charge in [-0.3, -0.25) is 4.79 Å². The summed E-state index contributed by atoms with van der Waals surface area (Å²) >= 11 is 0. The molecule has 0 bridgehead atoms. The quantitative estimate of drug-likeness (QED) is 0.181. The molecule has 12 heteroatoms. The van der Waals surface area contributed by atoms with Gasteiger partial charge in [0.15, 0.2) is 0 Å². The number of nitrogens with one attached hydrogen (secondary N) is 1. The molecule has 0 aliphatic carbocycles. The third-order valence-electron chi connectivity index (χ3n) is 3.61. The largest absolute Gasteiger partial charge is 0.513 e. The van der Waals surface area contributed by atoms with E-state index in [-0.39, 0.29) is 18.3 Å². The third-order valence-corrected chi connectivity index (χ3v) is 5.19. The number of rotatable bonds is 9. The predicted molar refractivity (Wildman–Crippen MR) is 99.9 cm³/mol. The molecule has 0 aliphatic heterocycles. The van der Waals surface area contributed by atoms with E-state index in [0.717, 1.165) is 0 Å². The van der Waals surface area contributed by atoms with Gasteiger partial charge in [-0.1, -0.05) is 32.0 Å². The molecule has 170 valence electrons. The summed E-state index contributed by atoms with van der Waals surface area (Å²) in [5, 5.41) is 2.09. The van der Waals surface area contributed by atoms with E-state index < -0.39 is 54.6 Å². The van der Waals surface area contributed by atoms with Crippen molar-refractivity contribution >= 4 is 13.7 Å². The van der Waals surface area contributed by atoms with Crippen LogP contribution in [0.15, 0.2) is 30.3 Å². The Hall–Kier alpha value is -2.65. The Morgan fingerprint density at radius 1 is 0.903 bits per heavy atom. The van der Waals surface area contributed by atoms with Gasteiger partial charge in [0.25, 0.3) is 0 Å². The second kappa shape index (κ2) is 10.1. The smallest absolute Gasteiger partial charge is 0.464 e. The highest BCUT2D eigenvalue weighted by atomic mass is 31.2. The SMILES string of the molecule is CC(C)COC(=O)[C@H](C)N[P@](=O)(Oc1ccccc1)Oc1c(F)c(F)c(F)c(F)c1F. The van der Waals surface area contributed by atoms with Crippen LogP contribution in [0, 0.1) is 35.0 Å². The van der Waals surface area contributed by atoms with Crippen LogP contribution >= 0.6 is 7.75 Å². The van der Waals surface area contributed by atoms with Gasteiger partial charge >= 0.3 is 13.7 Å². The summed E-state index contributed by atoms with van der Waals surface area (Å²) < 4.78 is 96.3. The van der Waals surface area contributed by atoms with Gasteiger partial charge in [-0.15, -0.1) is 0 Å². The number of carbonyl (C=O) groups is 1. The molecular formula is C19H19F5NO5P. The first kappa shape index (κ1) is 24.6. The minimum absolute atomic E-state index is 0.0202. The van der Waals surface area contributed by atoms with Gasteiger partial charge in [-0.25, -0.2) is 17.7 Å². The molecule has 0 unspecified atom stereocenters. The second-order valence-electron chi connectivity index (χ2n) is 6.77. The van der Waals surface area contributed by atoms with Crippen molar-refractivity contribution in [2.24, 2.45) is 5.92 Å². The fourth-order valence-corrected chi connectivity index (χ4v) is 3.66.